The van der Waals surface area contributed by atoms with Crippen LogP contribution in [-0.4, -0.2) is 33.3 Å². The van der Waals surface area contributed by atoms with Crippen LogP contribution in [0.25, 0.3) is 0 Å². The highest BCUT2D eigenvalue weighted by Gasteiger charge is 2.26. The largest absolute Gasteiger partial charge is 0.334 e. The van der Waals surface area contributed by atoms with E-state index in [-0.39, 0.29) is 6.03 Å². The van der Waals surface area contributed by atoms with Crippen molar-refractivity contribution in [3.63, 3.8) is 0 Å². The zero-order valence-corrected chi connectivity index (χ0v) is 15.1. The Bertz CT molecular complexity index is 637. The molecule has 1 saturated heterocycles. The van der Waals surface area contributed by atoms with Crippen molar-refractivity contribution < 1.29 is 4.79 Å². The van der Waals surface area contributed by atoms with Gasteiger partial charge in [-0.05, 0) is 50.5 Å². The molecule has 1 fully saturated rings. The lowest BCUT2D eigenvalue weighted by Gasteiger charge is -2.35. The van der Waals surface area contributed by atoms with E-state index in [4.69, 9.17) is 0 Å². The fourth-order valence-electron chi connectivity index (χ4n) is 3.28. The third-order valence-corrected chi connectivity index (χ3v) is 5.58. The molecule has 1 atom stereocenters. The van der Waals surface area contributed by atoms with E-state index in [1.54, 1.807) is 11.3 Å². The van der Waals surface area contributed by atoms with Crippen molar-refractivity contribution >= 4 is 17.4 Å². The Hall–Kier alpha value is -1.82. The molecule has 0 spiro atoms. The van der Waals surface area contributed by atoms with Gasteiger partial charge >= 0.3 is 6.03 Å². The summed E-state index contributed by atoms with van der Waals surface area (Å²) >= 11 is 1.80. The molecule has 0 aromatic carbocycles. The number of carbonyl (C=O) groups is 1. The van der Waals surface area contributed by atoms with Gasteiger partial charge in [-0.1, -0.05) is 6.07 Å². The first-order valence-corrected chi connectivity index (χ1v) is 9.72. The van der Waals surface area contributed by atoms with E-state index in [0.717, 1.165) is 44.3 Å². The molecule has 6 heteroatoms. The summed E-state index contributed by atoms with van der Waals surface area (Å²) in [4.78, 5) is 16.1. The summed E-state index contributed by atoms with van der Waals surface area (Å²) in [5.41, 5.74) is 1.05. The molecule has 2 aromatic rings. The summed E-state index contributed by atoms with van der Waals surface area (Å²) < 4.78 is 1.88. The lowest BCUT2D eigenvalue weighted by Crippen LogP contribution is -2.48. The molecule has 1 N–H and O–H groups in total. The van der Waals surface area contributed by atoms with Gasteiger partial charge in [0.25, 0.3) is 0 Å². The lowest BCUT2D eigenvalue weighted by atomic mass is 9.98. The molecule has 130 valence electrons. The molecular weight excluding hydrogens is 320 g/mol. The van der Waals surface area contributed by atoms with E-state index >= 15 is 0 Å². The van der Waals surface area contributed by atoms with Crippen LogP contribution in [0.15, 0.2) is 29.9 Å². The van der Waals surface area contributed by atoms with Gasteiger partial charge in [-0.25, -0.2) is 4.79 Å². The summed E-state index contributed by atoms with van der Waals surface area (Å²) in [5.74, 6) is 0. The fraction of sp³-hybridized carbons (Fsp3) is 0.556. The molecule has 3 heterocycles. The Labute approximate surface area is 147 Å². The quantitative estimate of drug-likeness (QED) is 0.868. The number of nitrogens with one attached hydrogen (secondary N) is 1. The minimum absolute atomic E-state index is 0.0649. The number of aryl methyl sites for hydroxylation is 2. The Kier molecular flexibility index (Phi) is 5.91. The van der Waals surface area contributed by atoms with Gasteiger partial charge in [-0.15, -0.1) is 11.3 Å². The molecule has 0 bridgehead atoms. The minimum Gasteiger partial charge on any atom is -0.334 e. The molecule has 1 aliphatic heterocycles. The molecule has 24 heavy (non-hydrogen) atoms. The summed E-state index contributed by atoms with van der Waals surface area (Å²) in [5, 5.41) is 9.44. The van der Waals surface area contributed by atoms with E-state index in [2.05, 4.69) is 34.9 Å². The zero-order valence-electron chi connectivity index (χ0n) is 14.3. The van der Waals surface area contributed by atoms with Gasteiger partial charge in [0.15, 0.2) is 0 Å². The highest BCUT2D eigenvalue weighted by molar-refractivity contribution is 7.09. The second-order valence-electron chi connectivity index (χ2n) is 6.32. The lowest BCUT2D eigenvalue weighted by molar-refractivity contribution is 0.146. The Morgan fingerprint density at radius 1 is 1.46 bits per heavy atom. The average Bonchev–Trinajstić information content (AvgIpc) is 3.29. The number of hydrogen-bond acceptors (Lipinski definition) is 3. The van der Waals surface area contributed by atoms with Gasteiger partial charge < -0.3 is 10.2 Å². The number of rotatable bonds is 6. The van der Waals surface area contributed by atoms with Crippen LogP contribution in [0.3, 0.4) is 0 Å². The topological polar surface area (TPSA) is 50.2 Å². The molecule has 3 rings (SSSR count). The standard InChI is InChI=1S/C18H26N4OS/c1-2-21-14-15(13-20-21)12-19-18(23)22-10-4-3-6-16(22)8-9-17-7-5-11-24-17/h5,7,11,13-14,16H,2-4,6,8-10,12H2,1H3,(H,19,23)/t16-/m0/s1. The van der Waals surface area contributed by atoms with Crippen LogP contribution in [-0.2, 0) is 19.5 Å². The number of likely N-dealkylation sites (tertiary alicyclic amines) is 1. The van der Waals surface area contributed by atoms with Crippen LogP contribution in [0.4, 0.5) is 4.79 Å². The van der Waals surface area contributed by atoms with Crippen molar-refractivity contribution in [2.24, 2.45) is 0 Å². The van der Waals surface area contributed by atoms with E-state index in [9.17, 15) is 4.79 Å². The van der Waals surface area contributed by atoms with Gasteiger partial charge in [0.05, 0.1) is 6.20 Å². The predicted molar refractivity (Wildman–Crippen MR) is 97.1 cm³/mol. The molecule has 2 aromatic heterocycles. The van der Waals surface area contributed by atoms with Crippen molar-refractivity contribution in [3.05, 3.63) is 40.3 Å². The second-order valence-corrected chi connectivity index (χ2v) is 7.36. The molecule has 2 amide bonds. The van der Waals surface area contributed by atoms with Gasteiger partial charge in [0.1, 0.15) is 0 Å². The summed E-state index contributed by atoms with van der Waals surface area (Å²) in [7, 11) is 0. The van der Waals surface area contributed by atoms with Crippen LogP contribution in [0, 0.1) is 0 Å². The second kappa shape index (κ2) is 8.33. The van der Waals surface area contributed by atoms with Crippen LogP contribution < -0.4 is 5.32 Å². The SMILES string of the molecule is CCn1cc(CNC(=O)N2CCCC[C@H]2CCc2cccs2)cn1. The maximum absolute atomic E-state index is 12.6. The van der Waals surface area contributed by atoms with E-state index in [1.807, 2.05) is 22.0 Å². The van der Waals surface area contributed by atoms with Crippen molar-refractivity contribution in [1.29, 1.82) is 0 Å². The molecule has 0 unspecified atom stereocenters. The maximum atomic E-state index is 12.6. The first-order chi connectivity index (χ1) is 11.8. The van der Waals surface area contributed by atoms with Gasteiger partial charge in [-0.3, -0.25) is 4.68 Å². The molecule has 0 radical (unpaired) electrons. The number of amides is 2. The Morgan fingerprint density at radius 3 is 3.12 bits per heavy atom. The van der Waals surface area contributed by atoms with Crippen molar-refractivity contribution in [2.45, 2.75) is 58.2 Å². The Morgan fingerprint density at radius 2 is 2.38 bits per heavy atom. The van der Waals surface area contributed by atoms with E-state index in [1.165, 1.54) is 11.3 Å². The first-order valence-electron chi connectivity index (χ1n) is 8.84. The third kappa shape index (κ3) is 4.38. The van der Waals surface area contributed by atoms with Crippen LogP contribution in [0.2, 0.25) is 0 Å². The number of aromatic nitrogens is 2. The van der Waals surface area contributed by atoms with Crippen molar-refractivity contribution in [1.82, 2.24) is 20.0 Å². The van der Waals surface area contributed by atoms with Gasteiger partial charge in [0.2, 0.25) is 0 Å². The third-order valence-electron chi connectivity index (χ3n) is 4.65. The average molecular weight is 346 g/mol. The zero-order chi connectivity index (χ0) is 16.8. The van der Waals surface area contributed by atoms with E-state index in [0.29, 0.717) is 12.6 Å². The number of carbonyl (C=O) groups excluding carboxylic acids is 1. The normalized spacial score (nSPS) is 17.9. The highest BCUT2D eigenvalue weighted by Crippen LogP contribution is 2.22. The summed E-state index contributed by atoms with van der Waals surface area (Å²) in [6.07, 6.45) is 9.39. The summed E-state index contributed by atoms with van der Waals surface area (Å²) in [6, 6.07) is 4.71. The maximum Gasteiger partial charge on any atom is 0.317 e. The molecule has 0 saturated carbocycles. The smallest absolute Gasteiger partial charge is 0.317 e. The number of nitrogens with zero attached hydrogens (tertiary/aromatic N) is 3. The Balaban J connectivity index is 1.52. The number of urea groups is 1. The first kappa shape index (κ1) is 17.0. The molecule has 5 nitrogen and oxygen atoms in total. The molecule has 0 aliphatic carbocycles. The molecular formula is C18H26N4OS. The summed E-state index contributed by atoms with van der Waals surface area (Å²) in [6.45, 7) is 4.33. The predicted octanol–water partition coefficient (Wildman–Crippen LogP) is 3.66. The van der Waals surface area contributed by atoms with Crippen LogP contribution in [0.1, 0.15) is 43.0 Å². The number of hydrogen-bond donors (Lipinski definition) is 1. The van der Waals surface area contributed by atoms with Crippen LogP contribution >= 0.6 is 11.3 Å². The van der Waals surface area contributed by atoms with Crippen molar-refractivity contribution in [3.8, 4) is 0 Å². The number of piperidine rings is 1. The van der Waals surface area contributed by atoms with E-state index < -0.39 is 0 Å². The highest BCUT2D eigenvalue weighted by atomic mass is 32.1. The minimum atomic E-state index is 0.0649. The monoisotopic (exact) mass is 346 g/mol. The van der Waals surface area contributed by atoms with Gasteiger partial charge in [0, 0.05) is 42.3 Å². The van der Waals surface area contributed by atoms with Gasteiger partial charge in [-0.2, -0.15) is 5.10 Å². The van der Waals surface area contributed by atoms with Crippen LogP contribution in [0.5, 0.6) is 0 Å². The molecule has 1 aliphatic rings. The van der Waals surface area contributed by atoms with Crippen molar-refractivity contribution in [2.75, 3.05) is 6.54 Å². The fourth-order valence-corrected chi connectivity index (χ4v) is 4.01. The number of thiophene rings is 1.